The molecular weight excluding hydrogens is 267 g/mol. The number of rotatable bonds is 5. The highest BCUT2D eigenvalue weighted by molar-refractivity contribution is 5.39. The van der Waals surface area contributed by atoms with Gasteiger partial charge in [-0.2, -0.15) is 0 Å². The third-order valence-electron chi connectivity index (χ3n) is 4.02. The van der Waals surface area contributed by atoms with Crippen molar-refractivity contribution in [2.24, 2.45) is 5.92 Å². The van der Waals surface area contributed by atoms with Gasteiger partial charge < -0.3 is 10.1 Å². The summed E-state index contributed by atoms with van der Waals surface area (Å²) in [6.07, 6.45) is -2.82. The highest BCUT2D eigenvalue weighted by Crippen LogP contribution is 2.48. The summed E-state index contributed by atoms with van der Waals surface area (Å²) in [5, 5.41) is 3.39. The van der Waals surface area contributed by atoms with Crippen molar-refractivity contribution in [1.82, 2.24) is 5.32 Å². The largest absolute Gasteiger partial charge is 0.573 e. The van der Waals surface area contributed by atoms with Crippen molar-refractivity contribution in [3.05, 3.63) is 29.8 Å². The van der Waals surface area contributed by atoms with E-state index in [9.17, 15) is 13.2 Å². The second kappa shape index (κ2) is 6.04. The molecule has 0 amide bonds. The molecule has 1 N–H and O–H groups in total. The van der Waals surface area contributed by atoms with Crippen LogP contribution in [0.4, 0.5) is 13.2 Å². The van der Waals surface area contributed by atoms with E-state index in [0.29, 0.717) is 17.5 Å². The Hall–Kier alpha value is -1.23. The first-order valence-electron chi connectivity index (χ1n) is 7.04. The first-order valence-corrected chi connectivity index (χ1v) is 7.04. The molecule has 0 radical (unpaired) electrons. The Balaban J connectivity index is 2.17. The molecule has 0 bridgehead atoms. The first-order chi connectivity index (χ1) is 9.46. The van der Waals surface area contributed by atoms with Crippen LogP contribution in [0.25, 0.3) is 0 Å². The molecule has 0 aliphatic heterocycles. The lowest BCUT2D eigenvalue weighted by Gasteiger charge is -2.45. The number of ether oxygens (including phenoxy) is 1. The molecule has 3 atom stereocenters. The van der Waals surface area contributed by atoms with Gasteiger partial charge in [0.25, 0.3) is 0 Å². The fourth-order valence-electron chi connectivity index (χ4n) is 3.14. The van der Waals surface area contributed by atoms with Gasteiger partial charge in [-0.05, 0) is 36.4 Å². The molecule has 3 unspecified atom stereocenters. The SMILES string of the molecule is CCNC1CC(c2ccccc2OC(F)(F)F)C1CC. The number of benzene rings is 1. The molecule has 1 aliphatic carbocycles. The van der Waals surface area contributed by atoms with E-state index in [-0.39, 0.29) is 11.7 Å². The molecule has 2 rings (SSSR count). The zero-order valence-electron chi connectivity index (χ0n) is 11.7. The number of nitrogens with one attached hydrogen (secondary N) is 1. The molecular formula is C15H20F3NO. The third kappa shape index (κ3) is 3.26. The minimum Gasteiger partial charge on any atom is -0.405 e. The summed E-state index contributed by atoms with van der Waals surface area (Å²) in [5.74, 6) is 0.453. The quantitative estimate of drug-likeness (QED) is 0.881. The van der Waals surface area contributed by atoms with E-state index < -0.39 is 6.36 Å². The minimum absolute atomic E-state index is 0.0570. The van der Waals surface area contributed by atoms with Gasteiger partial charge in [0.1, 0.15) is 5.75 Å². The van der Waals surface area contributed by atoms with Gasteiger partial charge in [0, 0.05) is 6.04 Å². The lowest BCUT2D eigenvalue weighted by atomic mass is 9.64. The fourth-order valence-corrected chi connectivity index (χ4v) is 3.14. The predicted molar refractivity (Wildman–Crippen MR) is 71.7 cm³/mol. The van der Waals surface area contributed by atoms with Gasteiger partial charge in [-0.1, -0.05) is 38.5 Å². The van der Waals surface area contributed by atoms with Gasteiger partial charge >= 0.3 is 6.36 Å². The maximum Gasteiger partial charge on any atom is 0.573 e. The molecule has 1 fully saturated rings. The number of halogens is 3. The Morgan fingerprint density at radius 1 is 1.25 bits per heavy atom. The zero-order chi connectivity index (χ0) is 14.8. The standard InChI is InChI=1S/C15H20F3NO/c1-3-10-12(9-13(10)19-4-2)11-7-5-6-8-14(11)20-15(16,17)18/h5-8,10,12-13,19H,3-4,9H2,1-2H3. The van der Waals surface area contributed by atoms with Gasteiger partial charge in [0.15, 0.2) is 0 Å². The van der Waals surface area contributed by atoms with Crippen LogP contribution in [0.3, 0.4) is 0 Å². The maximum absolute atomic E-state index is 12.4. The molecule has 1 aromatic carbocycles. The zero-order valence-corrected chi connectivity index (χ0v) is 11.7. The van der Waals surface area contributed by atoms with Crippen molar-refractivity contribution >= 4 is 0 Å². The van der Waals surface area contributed by atoms with Crippen LogP contribution in [0.15, 0.2) is 24.3 Å². The van der Waals surface area contributed by atoms with Crippen LogP contribution in [0, 0.1) is 5.92 Å². The highest BCUT2D eigenvalue weighted by Gasteiger charge is 2.42. The van der Waals surface area contributed by atoms with Gasteiger partial charge in [0.2, 0.25) is 0 Å². The molecule has 5 heteroatoms. The summed E-state index contributed by atoms with van der Waals surface area (Å²) < 4.78 is 41.5. The van der Waals surface area contributed by atoms with Gasteiger partial charge in [-0.3, -0.25) is 0 Å². The highest BCUT2D eigenvalue weighted by atomic mass is 19.4. The van der Waals surface area contributed by atoms with Crippen LogP contribution in [0.5, 0.6) is 5.75 Å². The monoisotopic (exact) mass is 287 g/mol. The number of hydrogen-bond donors (Lipinski definition) is 1. The van der Waals surface area contributed by atoms with Crippen LogP contribution in [0.2, 0.25) is 0 Å². The Bertz CT molecular complexity index is 447. The minimum atomic E-state index is -4.64. The van der Waals surface area contributed by atoms with E-state index in [2.05, 4.69) is 17.0 Å². The summed E-state index contributed by atoms with van der Waals surface area (Å²) >= 11 is 0. The molecule has 1 saturated carbocycles. The van der Waals surface area contributed by atoms with Crippen LogP contribution in [0.1, 0.15) is 38.2 Å². The first kappa shape index (κ1) is 15.2. The van der Waals surface area contributed by atoms with E-state index in [4.69, 9.17) is 0 Å². The molecule has 2 nitrogen and oxygen atoms in total. The Morgan fingerprint density at radius 2 is 1.95 bits per heavy atom. The Morgan fingerprint density at radius 3 is 2.55 bits per heavy atom. The predicted octanol–water partition coefficient (Wildman–Crippen LogP) is 4.08. The van der Waals surface area contributed by atoms with E-state index >= 15 is 0 Å². The molecule has 1 aliphatic rings. The average Bonchev–Trinajstić information content (AvgIpc) is 2.34. The van der Waals surface area contributed by atoms with Gasteiger partial charge in [-0.25, -0.2) is 0 Å². The summed E-state index contributed by atoms with van der Waals surface area (Å²) in [7, 11) is 0. The van der Waals surface area contributed by atoms with Crippen molar-refractivity contribution in [3.63, 3.8) is 0 Å². The molecule has 112 valence electrons. The van der Waals surface area contributed by atoms with Crippen LogP contribution < -0.4 is 10.1 Å². The molecule has 0 spiro atoms. The normalized spacial score (nSPS) is 26.1. The number of alkyl halides is 3. The van der Waals surface area contributed by atoms with E-state index in [1.807, 2.05) is 6.92 Å². The average molecular weight is 287 g/mol. The molecule has 0 saturated heterocycles. The lowest BCUT2D eigenvalue weighted by Crippen LogP contribution is -2.49. The van der Waals surface area contributed by atoms with E-state index in [1.54, 1.807) is 18.2 Å². The van der Waals surface area contributed by atoms with Crippen molar-refractivity contribution < 1.29 is 17.9 Å². The molecule has 0 aromatic heterocycles. The molecule has 1 aromatic rings. The summed E-state index contributed by atoms with van der Waals surface area (Å²) in [6.45, 7) is 5.00. The van der Waals surface area contributed by atoms with Crippen LogP contribution in [-0.4, -0.2) is 18.9 Å². The van der Waals surface area contributed by atoms with Crippen LogP contribution in [-0.2, 0) is 0 Å². The second-order valence-corrected chi connectivity index (χ2v) is 5.16. The lowest BCUT2D eigenvalue weighted by molar-refractivity contribution is -0.275. The van der Waals surface area contributed by atoms with Crippen molar-refractivity contribution in [2.75, 3.05) is 6.54 Å². The Labute approximate surface area is 117 Å². The van der Waals surface area contributed by atoms with E-state index in [0.717, 1.165) is 19.4 Å². The smallest absolute Gasteiger partial charge is 0.405 e. The van der Waals surface area contributed by atoms with Gasteiger partial charge in [0.05, 0.1) is 0 Å². The van der Waals surface area contributed by atoms with E-state index in [1.165, 1.54) is 6.07 Å². The summed E-state index contributed by atoms with van der Waals surface area (Å²) in [5.41, 5.74) is 0.672. The number of hydrogen-bond acceptors (Lipinski definition) is 2. The van der Waals surface area contributed by atoms with Gasteiger partial charge in [-0.15, -0.1) is 13.2 Å². The topological polar surface area (TPSA) is 21.3 Å². The summed E-state index contributed by atoms with van der Waals surface area (Å²) in [4.78, 5) is 0. The van der Waals surface area contributed by atoms with Crippen molar-refractivity contribution in [3.8, 4) is 5.75 Å². The third-order valence-corrected chi connectivity index (χ3v) is 4.02. The maximum atomic E-state index is 12.4. The van der Waals surface area contributed by atoms with Crippen LogP contribution >= 0.6 is 0 Å². The molecule has 0 heterocycles. The van der Waals surface area contributed by atoms with Crippen molar-refractivity contribution in [2.45, 2.75) is 45.0 Å². The molecule has 20 heavy (non-hydrogen) atoms. The van der Waals surface area contributed by atoms with Crippen molar-refractivity contribution in [1.29, 1.82) is 0 Å². The Kier molecular flexibility index (Phi) is 4.58. The second-order valence-electron chi connectivity index (χ2n) is 5.16. The fraction of sp³-hybridized carbons (Fsp3) is 0.600. The number of para-hydroxylation sites is 1. The summed E-state index contributed by atoms with van der Waals surface area (Å²) in [6, 6.07) is 6.89.